The second-order valence-electron chi connectivity index (χ2n) is 11.7. The highest BCUT2D eigenvalue weighted by molar-refractivity contribution is 8.12. The highest BCUT2D eigenvalue weighted by atomic mass is 32.2. The summed E-state index contributed by atoms with van der Waals surface area (Å²) in [7, 11) is 0. The van der Waals surface area contributed by atoms with Crippen LogP contribution in [0.2, 0.25) is 0 Å². The van der Waals surface area contributed by atoms with Crippen LogP contribution in [0.25, 0.3) is 0 Å². The Hall–Kier alpha value is -2.02. The largest absolute Gasteiger partial charge is 0.501 e. The highest BCUT2D eigenvalue weighted by Crippen LogP contribution is 2.11. The molecule has 0 unspecified atom stereocenters. The Labute approximate surface area is 345 Å². The van der Waals surface area contributed by atoms with Crippen LogP contribution in [-0.2, 0) is 28.4 Å². The standard InChI is InChI=1S/C5H8.C4H7N.C4H8O.C4H6O.C4H6S.C3H6N2.C3H7NO.C3H5NO.C3H7NS.C3H5NS.C3H6O2/c6*1-2-4-5-3-1;5*1-2-5-3-4-1/h1-2H,3-5H2;1,3,5H,2,4H2;1-4H2;2*1,3H,2,4H2;2,5H,1,3H2;4H,1-3H2;3H,1-2H2;4H,1-3H2;3H,1-2H2;1-3H2. The van der Waals surface area contributed by atoms with Crippen LogP contribution in [0.15, 0.2) is 63.3 Å². The minimum absolute atomic E-state index is 0.500. The number of nitrogens with zero attached hydrogens (tertiary/aromatic N) is 3. The molecule has 0 saturated carbocycles. The van der Waals surface area contributed by atoms with Gasteiger partial charge in [0.2, 0.25) is 0 Å². The Kier molecular flexibility index (Phi) is 44.6. The summed E-state index contributed by atoms with van der Waals surface area (Å²) in [6, 6.07) is 0. The Morgan fingerprint density at radius 1 is 0.564 bits per heavy atom. The van der Waals surface area contributed by atoms with Gasteiger partial charge in [-0.15, -0.1) is 35.3 Å². The van der Waals surface area contributed by atoms with Crippen LogP contribution in [0, 0.1) is 0 Å². The third kappa shape index (κ3) is 46.3. The molecular weight excluding hydrogens is 759 g/mol. The molecule has 13 nitrogen and oxygen atoms in total. The number of thioether (sulfide) groups is 3. The van der Waals surface area contributed by atoms with E-state index in [-0.39, 0.29) is 0 Å². The van der Waals surface area contributed by atoms with Gasteiger partial charge in [0.15, 0.2) is 6.40 Å². The van der Waals surface area contributed by atoms with E-state index in [4.69, 9.17) is 23.7 Å². The normalized spacial score (nSPS) is 21.4. The number of nitrogens with one attached hydrogen (secondary N) is 4. The van der Waals surface area contributed by atoms with Crippen LogP contribution in [0.4, 0.5) is 0 Å². The zero-order valence-corrected chi connectivity index (χ0v) is 35.6. The van der Waals surface area contributed by atoms with Crippen molar-refractivity contribution in [1.82, 2.24) is 21.4 Å². The van der Waals surface area contributed by atoms with Crippen LogP contribution in [0.3, 0.4) is 0 Å². The smallest absolute Gasteiger partial charge is 0.169 e. The Morgan fingerprint density at radius 3 is 1.65 bits per heavy atom. The first-order valence-electron chi connectivity index (χ1n) is 19.8. The van der Waals surface area contributed by atoms with E-state index in [0.717, 1.165) is 98.5 Å². The third-order valence-electron chi connectivity index (χ3n) is 6.95. The van der Waals surface area contributed by atoms with Gasteiger partial charge in [0.1, 0.15) is 13.4 Å². The monoisotopic (exact) mass is 829 g/mol. The van der Waals surface area contributed by atoms with E-state index in [1.165, 1.54) is 81.0 Å². The molecule has 0 amide bonds. The SMILES string of the molecule is C1=CCCC1.C1=CNCC1.C1=COCC1.C1=CSCC1.C1=NCCO1.C1=NCCS1.C1=NNCC1.C1CCOC1.C1COCN1.C1COCO1.C1CSCN1. The van der Waals surface area contributed by atoms with Crippen molar-refractivity contribution in [3.63, 3.8) is 0 Å². The second kappa shape index (κ2) is 48.1. The first-order valence-corrected chi connectivity index (χ1v) is 23.1. The maximum atomic E-state index is 4.94. The summed E-state index contributed by atoms with van der Waals surface area (Å²) >= 11 is 5.64. The van der Waals surface area contributed by atoms with Gasteiger partial charge in [0.05, 0.1) is 51.5 Å². The molecule has 4 N–H and O–H groups in total. The molecule has 55 heavy (non-hydrogen) atoms. The Morgan fingerprint density at radius 2 is 1.45 bits per heavy atom. The summed E-state index contributed by atoms with van der Waals surface area (Å²) < 4.78 is 28.6. The molecule has 10 aliphatic heterocycles. The lowest BCUT2D eigenvalue weighted by atomic mass is 10.4. The molecule has 0 spiro atoms. The molecule has 0 bridgehead atoms. The number of aliphatic imine (C=N–C) groups is 2. The minimum Gasteiger partial charge on any atom is -0.501 e. The van der Waals surface area contributed by atoms with Gasteiger partial charge in [0.25, 0.3) is 0 Å². The van der Waals surface area contributed by atoms with Crippen LogP contribution >= 0.6 is 35.3 Å². The molecule has 11 rings (SSSR count). The van der Waals surface area contributed by atoms with Crippen LogP contribution in [-0.4, -0.2) is 140 Å². The molecule has 0 aromatic heterocycles. The van der Waals surface area contributed by atoms with Crippen LogP contribution in [0.5, 0.6) is 0 Å². The number of hydrazone groups is 1. The van der Waals surface area contributed by atoms with Crippen molar-refractivity contribution in [3.05, 3.63) is 48.3 Å². The van der Waals surface area contributed by atoms with E-state index in [9.17, 15) is 0 Å². The number of rotatable bonds is 0. The van der Waals surface area contributed by atoms with Crippen molar-refractivity contribution in [1.29, 1.82) is 0 Å². The van der Waals surface area contributed by atoms with E-state index < -0.39 is 0 Å². The molecule has 11 aliphatic rings. The van der Waals surface area contributed by atoms with Crippen molar-refractivity contribution in [2.75, 3.05) is 122 Å². The van der Waals surface area contributed by atoms with Crippen molar-refractivity contribution in [3.8, 4) is 0 Å². The topological polar surface area (TPSA) is 141 Å². The molecule has 0 aromatic carbocycles. The fraction of sp³-hybridized carbons (Fsp3) is 0.718. The fourth-order valence-corrected chi connectivity index (χ4v) is 5.99. The molecule has 316 valence electrons. The van der Waals surface area contributed by atoms with Gasteiger partial charge in [0, 0.05) is 88.1 Å². The average Bonchev–Trinajstić information content (AvgIpc) is 4.11. The van der Waals surface area contributed by atoms with Crippen molar-refractivity contribution < 1.29 is 28.4 Å². The lowest BCUT2D eigenvalue weighted by Crippen LogP contribution is -2.05. The lowest BCUT2D eigenvalue weighted by Gasteiger charge is -1.79. The fourth-order valence-electron chi connectivity index (χ4n) is 4.06. The molecular formula is C39H71N7O6S3. The second-order valence-corrected chi connectivity index (χ2v) is 14.8. The summed E-state index contributed by atoms with van der Waals surface area (Å²) in [5.74, 6) is 4.97. The first kappa shape index (κ1) is 51.0. The summed E-state index contributed by atoms with van der Waals surface area (Å²) in [5, 5.41) is 15.1. The van der Waals surface area contributed by atoms with Crippen LogP contribution < -0.4 is 21.4 Å². The summed E-state index contributed by atoms with van der Waals surface area (Å²) in [6.07, 6.45) is 29.2. The molecule has 10 heterocycles. The van der Waals surface area contributed by atoms with Gasteiger partial charge < -0.3 is 44.5 Å². The zero-order chi connectivity index (χ0) is 38.9. The maximum Gasteiger partial charge on any atom is 0.169 e. The molecule has 1 aliphatic carbocycles. The first-order chi connectivity index (χ1) is 27.5. The van der Waals surface area contributed by atoms with Crippen LogP contribution in [0.1, 0.15) is 57.8 Å². The summed E-state index contributed by atoms with van der Waals surface area (Å²) in [4.78, 5) is 7.66. The van der Waals surface area contributed by atoms with E-state index in [1.807, 2.05) is 47.6 Å². The van der Waals surface area contributed by atoms with Gasteiger partial charge >= 0.3 is 0 Å². The van der Waals surface area contributed by atoms with Crippen molar-refractivity contribution in [2.45, 2.75) is 57.8 Å². The average molecular weight is 830 g/mol. The van der Waals surface area contributed by atoms with E-state index in [2.05, 4.69) is 70.9 Å². The Bertz CT molecular complexity index is 708. The number of hydrogen-bond donors (Lipinski definition) is 4. The molecule has 0 radical (unpaired) electrons. The molecule has 16 heteroatoms. The molecule has 4 saturated heterocycles. The van der Waals surface area contributed by atoms with Gasteiger partial charge in [-0.25, -0.2) is 0 Å². The number of hydrogen-bond acceptors (Lipinski definition) is 16. The third-order valence-corrected chi connectivity index (χ3v) is 9.43. The number of allylic oxidation sites excluding steroid dienone is 3. The predicted molar refractivity (Wildman–Crippen MR) is 238 cm³/mol. The van der Waals surface area contributed by atoms with Gasteiger partial charge in [-0.1, -0.05) is 24.3 Å². The lowest BCUT2D eigenvalue weighted by molar-refractivity contribution is 0.0692. The maximum absolute atomic E-state index is 4.94. The molecule has 0 atom stereocenters. The highest BCUT2D eigenvalue weighted by Gasteiger charge is 1.96. The molecule has 0 aromatic rings. The van der Waals surface area contributed by atoms with Gasteiger partial charge in [-0.2, -0.15) is 5.10 Å². The predicted octanol–water partition coefficient (Wildman–Crippen LogP) is 6.18. The molecule has 4 fully saturated rings. The van der Waals surface area contributed by atoms with Crippen molar-refractivity contribution >= 4 is 53.4 Å². The van der Waals surface area contributed by atoms with Gasteiger partial charge in [-0.3, -0.25) is 15.3 Å². The summed E-state index contributed by atoms with van der Waals surface area (Å²) in [6.45, 7) is 13.6. The van der Waals surface area contributed by atoms with E-state index in [1.54, 1.807) is 18.0 Å². The zero-order valence-electron chi connectivity index (χ0n) is 33.2. The van der Waals surface area contributed by atoms with Gasteiger partial charge in [-0.05, 0) is 62.6 Å². The number of ether oxygens (including phenoxy) is 6. The van der Waals surface area contributed by atoms with E-state index >= 15 is 0 Å². The van der Waals surface area contributed by atoms with E-state index in [0.29, 0.717) is 6.79 Å². The Balaban J connectivity index is 0.000000302. The summed E-state index contributed by atoms with van der Waals surface area (Å²) in [5.41, 5.74) is 4.69. The quantitative estimate of drug-likeness (QED) is 0.207. The van der Waals surface area contributed by atoms with Crippen molar-refractivity contribution in [2.24, 2.45) is 15.1 Å². The minimum atomic E-state index is 0.500.